The number of hydrogen-bond donors (Lipinski definition) is 3. The number of ether oxygens (including phenoxy) is 1. The fourth-order valence-electron chi connectivity index (χ4n) is 0.760. The minimum Gasteiger partial charge on any atom is -0.480 e. The molecule has 1 unspecified atom stereocenters. The number of aliphatic carboxylic acids is 1. The Morgan fingerprint density at radius 2 is 1.61 bits per heavy atom. The van der Waals surface area contributed by atoms with Crippen LogP contribution in [0, 0.1) is 0 Å². The zero-order valence-electron chi connectivity index (χ0n) is 10.7. The van der Waals surface area contributed by atoms with Crippen LogP contribution in [0.25, 0.3) is 0 Å². The topological polar surface area (TPSA) is 116 Å². The zero-order valence-corrected chi connectivity index (χ0v) is 12.3. The maximum absolute atomic E-state index is 11.5. The molecule has 0 aromatic heterocycles. The van der Waals surface area contributed by atoms with Gasteiger partial charge in [0.2, 0.25) is 0 Å². The molecule has 18 heavy (non-hydrogen) atoms. The Balaban J connectivity index is 3.80. The fraction of sp³-hybridized carbons (Fsp3) is 0.800. The molecule has 0 bridgehead atoms. The number of hydrogen-bond acceptors (Lipinski definition) is 7. The van der Waals surface area contributed by atoms with E-state index in [9.17, 15) is 9.59 Å². The average molecular weight is 296 g/mol. The van der Waals surface area contributed by atoms with Crippen molar-refractivity contribution >= 4 is 33.5 Å². The van der Waals surface area contributed by atoms with Gasteiger partial charge in [0.15, 0.2) is 0 Å². The van der Waals surface area contributed by atoms with Gasteiger partial charge in [-0.25, -0.2) is 0 Å². The van der Waals surface area contributed by atoms with Crippen LogP contribution in [0.15, 0.2) is 0 Å². The van der Waals surface area contributed by atoms with Crippen LogP contribution in [-0.2, 0) is 14.3 Å². The number of nitrogens with two attached hydrogens (primary N) is 2. The van der Waals surface area contributed by atoms with Gasteiger partial charge in [-0.2, -0.15) is 0 Å². The summed E-state index contributed by atoms with van der Waals surface area (Å²) >= 11 is 0. The maximum Gasteiger partial charge on any atom is 0.324 e. The molecule has 2 atom stereocenters. The minimum absolute atomic E-state index is 0.265. The minimum atomic E-state index is -1.04. The summed E-state index contributed by atoms with van der Waals surface area (Å²) in [5.74, 6) is -0.884. The predicted molar refractivity (Wildman–Crippen MR) is 74.3 cm³/mol. The third kappa shape index (κ3) is 8.62. The summed E-state index contributed by atoms with van der Waals surface area (Å²) in [5, 5.41) is 8.56. The molecule has 0 aromatic carbocycles. The Kier molecular flexibility index (Phi) is 7.69. The van der Waals surface area contributed by atoms with Crippen LogP contribution in [0.2, 0.25) is 0 Å². The maximum atomic E-state index is 11.5. The summed E-state index contributed by atoms with van der Waals surface area (Å²) in [4.78, 5) is 22.0. The highest BCUT2D eigenvalue weighted by atomic mass is 33.1. The van der Waals surface area contributed by atoms with Crippen LogP contribution in [0.3, 0.4) is 0 Å². The molecule has 0 saturated heterocycles. The first kappa shape index (κ1) is 17.6. The van der Waals surface area contributed by atoms with Gasteiger partial charge < -0.3 is 21.3 Å². The van der Waals surface area contributed by atoms with Crippen molar-refractivity contribution in [2.45, 2.75) is 38.5 Å². The fourth-order valence-corrected chi connectivity index (χ4v) is 2.98. The molecule has 0 aliphatic carbocycles. The second-order valence-electron chi connectivity index (χ2n) is 4.65. The largest absolute Gasteiger partial charge is 0.480 e. The molecule has 6 nitrogen and oxygen atoms in total. The van der Waals surface area contributed by atoms with Crippen molar-refractivity contribution in [2.24, 2.45) is 11.5 Å². The van der Waals surface area contributed by atoms with E-state index in [0.717, 1.165) is 0 Å². The second-order valence-corrected chi connectivity index (χ2v) is 7.21. The van der Waals surface area contributed by atoms with E-state index in [4.69, 9.17) is 21.3 Å². The molecular weight excluding hydrogens is 276 g/mol. The van der Waals surface area contributed by atoms with Crippen LogP contribution in [0.1, 0.15) is 20.8 Å². The third-order valence-electron chi connectivity index (χ3n) is 1.61. The highest BCUT2D eigenvalue weighted by Crippen LogP contribution is 2.22. The lowest BCUT2D eigenvalue weighted by atomic mass is 10.2. The first-order valence-corrected chi connectivity index (χ1v) is 7.83. The van der Waals surface area contributed by atoms with Gasteiger partial charge in [-0.1, -0.05) is 21.6 Å². The molecule has 0 aliphatic heterocycles. The van der Waals surface area contributed by atoms with Crippen LogP contribution in [0.5, 0.6) is 0 Å². The van der Waals surface area contributed by atoms with Crippen molar-refractivity contribution in [3.63, 3.8) is 0 Å². The summed E-state index contributed by atoms with van der Waals surface area (Å²) in [5.41, 5.74) is 10.4. The van der Waals surface area contributed by atoms with Gasteiger partial charge in [-0.05, 0) is 20.8 Å². The molecular formula is C10H20N2O4S2. The number of esters is 1. The summed E-state index contributed by atoms with van der Waals surface area (Å²) in [6.07, 6.45) is 0. The Hall–Kier alpha value is -0.440. The molecule has 106 valence electrons. The van der Waals surface area contributed by atoms with E-state index >= 15 is 0 Å². The van der Waals surface area contributed by atoms with Gasteiger partial charge >= 0.3 is 11.9 Å². The van der Waals surface area contributed by atoms with E-state index in [2.05, 4.69) is 0 Å². The summed E-state index contributed by atoms with van der Waals surface area (Å²) in [7, 11) is 2.59. The molecule has 0 fully saturated rings. The monoisotopic (exact) mass is 296 g/mol. The number of rotatable bonds is 7. The number of carbonyl (C=O) groups excluding carboxylic acids is 1. The lowest BCUT2D eigenvalue weighted by molar-refractivity contribution is -0.155. The highest BCUT2D eigenvalue weighted by Gasteiger charge is 2.22. The van der Waals surface area contributed by atoms with Crippen LogP contribution in [0.4, 0.5) is 0 Å². The van der Waals surface area contributed by atoms with Crippen molar-refractivity contribution in [1.29, 1.82) is 0 Å². The Bertz CT molecular complexity index is 294. The van der Waals surface area contributed by atoms with Crippen molar-refractivity contribution in [3.05, 3.63) is 0 Å². The first-order chi connectivity index (χ1) is 8.13. The molecule has 0 spiro atoms. The molecule has 8 heteroatoms. The number of carboxylic acid groups (broad SMARTS) is 1. The normalized spacial score (nSPS) is 14.9. The van der Waals surface area contributed by atoms with Crippen molar-refractivity contribution in [1.82, 2.24) is 0 Å². The SMILES string of the molecule is CC(C)(C)OC(=O)[C@@H](N)CSSCC(N)C(=O)O. The van der Waals surface area contributed by atoms with Crippen molar-refractivity contribution in [2.75, 3.05) is 11.5 Å². The Morgan fingerprint density at radius 1 is 1.17 bits per heavy atom. The van der Waals surface area contributed by atoms with E-state index in [-0.39, 0.29) is 5.75 Å². The van der Waals surface area contributed by atoms with Crippen LogP contribution < -0.4 is 11.5 Å². The van der Waals surface area contributed by atoms with E-state index in [1.54, 1.807) is 20.8 Å². The molecule has 5 N–H and O–H groups in total. The van der Waals surface area contributed by atoms with Crippen molar-refractivity contribution in [3.8, 4) is 0 Å². The first-order valence-electron chi connectivity index (χ1n) is 5.34. The quantitative estimate of drug-likeness (QED) is 0.352. The average Bonchev–Trinajstić information content (AvgIpc) is 2.20. The van der Waals surface area contributed by atoms with E-state index in [0.29, 0.717) is 5.75 Å². The van der Waals surface area contributed by atoms with Crippen LogP contribution >= 0.6 is 21.6 Å². The van der Waals surface area contributed by atoms with Gasteiger partial charge in [0.05, 0.1) is 0 Å². The second kappa shape index (κ2) is 7.88. The van der Waals surface area contributed by atoms with Gasteiger partial charge in [0.25, 0.3) is 0 Å². The van der Waals surface area contributed by atoms with E-state index in [1.807, 2.05) is 0 Å². The summed E-state index contributed by atoms with van der Waals surface area (Å²) in [6, 6.07) is -1.62. The van der Waals surface area contributed by atoms with Gasteiger partial charge in [-0.3, -0.25) is 9.59 Å². The summed E-state index contributed by atoms with van der Waals surface area (Å²) in [6.45, 7) is 5.31. The van der Waals surface area contributed by atoms with Gasteiger partial charge in [0.1, 0.15) is 17.7 Å². The van der Waals surface area contributed by atoms with E-state index < -0.39 is 29.6 Å². The van der Waals surface area contributed by atoms with Crippen molar-refractivity contribution < 1.29 is 19.4 Å². The number of carboxylic acids is 1. The standard InChI is InChI=1S/C10H20N2O4S2/c1-10(2,3)16-9(15)7(12)5-18-17-4-6(11)8(13)14/h6-7H,4-5,11-12H2,1-3H3,(H,13,14)/t6?,7-/m0/s1. The smallest absolute Gasteiger partial charge is 0.324 e. The Morgan fingerprint density at radius 3 is 2.00 bits per heavy atom. The lowest BCUT2D eigenvalue weighted by Gasteiger charge is -2.21. The van der Waals surface area contributed by atoms with Crippen LogP contribution in [-0.4, -0.2) is 46.2 Å². The lowest BCUT2D eigenvalue weighted by Crippen LogP contribution is -2.39. The van der Waals surface area contributed by atoms with E-state index in [1.165, 1.54) is 21.6 Å². The Labute approximate surface area is 115 Å². The zero-order chi connectivity index (χ0) is 14.3. The molecule has 0 radical (unpaired) electrons. The molecule has 0 heterocycles. The highest BCUT2D eigenvalue weighted by molar-refractivity contribution is 8.76. The molecule has 0 rings (SSSR count). The predicted octanol–water partition coefficient (Wildman–Crippen LogP) is 0.449. The van der Waals surface area contributed by atoms with Gasteiger partial charge in [0, 0.05) is 11.5 Å². The summed E-state index contributed by atoms with van der Waals surface area (Å²) < 4.78 is 5.11. The number of carbonyl (C=O) groups is 2. The molecule has 0 aliphatic rings. The third-order valence-corrected chi connectivity index (χ3v) is 4.08. The molecule has 0 aromatic rings. The molecule has 0 saturated carbocycles. The van der Waals surface area contributed by atoms with Gasteiger partial charge in [-0.15, -0.1) is 0 Å². The molecule has 0 amide bonds.